The van der Waals surface area contributed by atoms with Crippen LogP contribution in [0.1, 0.15) is 5.56 Å². The Balaban J connectivity index is 2.21. The average Bonchev–Trinajstić information content (AvgIpc) is 2.71. The van der Waals surface area contributed by atoms with Gasteiger partial charge in [0.2, 0.25) is 10.0 Å². The zero-order chi connectivity index (χ0) is 14.0. The third-order valence-corrected chi connectivity index (χ3v) is 4.17. The molecule has 0 fully saturated rings. The van der Waals surface area contributed by atoms with Crippen LogP contribution >= 0.6 is 23.2 Å². The van der Waals surface area contributed by atoms with Crippen molar-refractivity contribution in [3.8, 4) is 0 Å². The number of nitrogens with zero attached hydrogens (tertiary/aromatic N) is 1. The lowest BCUT2D eigenvalue weighted by atomic mass is 10.3. The smallest absolute Gasteiger partial charge is 0.240 e. The molecule has 0 aliphatic rings. The Morgan fingerprint density at radius 3 is 2.42 bits per heavy atom. The zero-order valence-electron chi connectivity index (χ0n) is 9.52. The van der Waals surface area contributed by atoms with E-state index in [0.29, 0.717) is 11.4 Å². The number of benzene rings is 1. The molecular weight excluding hydrogens is 311 g/mol. The third-order valence-electron chi connectivity index (χ3n) is 2.35. The Hall–Kier alpha value is -1.28. The van der Waals surface area contributed by atoms with Crippen molar-refractivity contribution >= 4 is 39.0 Å². The second-order valence-electron chi connectivity index (χ2n) is 3.74. The summed E-state index contributed by atoms with van der Waals surface area (Å²) < 4.78 is 26.5. The van der Waals surface area contributed by atoms with Crippen molar-refractivity contribution in [2.24, 2.45) is 0 Å². The fourth-order valence-corrected chi connectivity index (χ4v) is 3.13. The maximum Gasteiger partial charge on any atom is 0.240 e. The molecule has 2 rings (SSSR count). The largest absolute Gasteiger partial charge is 0.384 e. The van der Waals surface area contributed by atoms with Crippen molar-refractivity contribution in [3.05, 3.63) is 40.0 Å². The number of hydrogen-bond donors (Lipinski definition) is 3. The van der Waals surface area contributed by atoms with Gasteiger partial charge >= 0.3 is 0 Å². The molecule has 0 bridgehead atoms. The monoisotopic (exact) mass is 320 g/mol. The van der Waals surface area contributed by atoms with Gasteiger partial charge in [0.1, 0.15) is 5.82 Å². The molecule has 0 aliphatic carbocycles. The molecule has 0 unspecified atom stereocenters. The average molecular weight is 321 g/mol. The first-order valence-electron chi connectivity index (χ1n) is 5.12. The predicted molar refractivity (Wildman–Crippen MR) is 73.5 cm³/mol. The molecule has 6 nitrogen and oxygen atoms in total. The number of aromatic amines is 1. The molecule has 0 aliphatic heterocycles. The van der Waals surface area contributed by atoms with Crippen LogP contribution in [0.5, 0.6) is 0 Å². The van der Waals surface area contributed by atoms with Crippen LogP contribution in [0.25, 0.3) is 0 Å². The number of anilines is 1. The highest BCUT2D eigenvalue weighted by Gasteiger charge is 2.16. The highest BCUT2D eigenvalue weighted by atomic mass is 35.5. The molecule has 1 aromatic carbocycles. The minimum Gasteiger partial charge on any atom is -0.384 e. The van der Waals surface area contributed by atoms with E-state index >= 15 is 0 Å². The van der Waals surface area contributed by atoms with Crippen LogP contribution in [-0.4, -0.2) is 18.6 Å². The van der Waals surface area contributed by atoms with Crippen molar-refractivity contribution in [2.45, 2.75) is 11.4 Å². The summed E-state index contributed by atoms with van der Waals surface area (Å²) in [4.78, 5) is -0.00735. The Morgan fingerprint density at radius 1 is 1.26 bits per heavy atom. The van der Waals surface area contributed by atoms with Gasteiger partial charge in [0, 0.05) is 22.2 Å². The highest BCUT2D eigenvalue weighted by molar-refractivity contribution is 7.89. The number of nitrogens with two attached hydrogens (primary N) is 1. The Kier molecular flexibility index (Phi) is 4.00. The molecule has 0 spiro atoms. The van der Waals surface area contributed by atoms with Gasteiger partial charge in [0.25, 0.3) is 0 Å². The summed E-state index contributed by atoms with van der Waals surface area (Å²) in [5.74, 6) is 0.312. The molecule has 2 aromatic rings. The molecule has 0 amide bonds. The molecule has 0 atom stereocenters. The number of nitrogens with one attached hydrogen (secondary N) is 2. The van der Waals surface area contributed by atoms with Crippen LogP contribution in [-0.2, 0) is 16.6 Å². The van der Waals surface area contributed by atoms with Gasteiger partial charge in [0.15, 0.2) is 0 Å². The summed E-state index contributed by atoms with van der Waals surface area (Å²) in [5, 5.41) is 6.70. The topological polar surface area (TPSA) is 101 Å². The van der Waals surface area contributed by atoms with Crippen LogP contribution in [0.3, 0.4) is 0 Å². The fraction of sp³-hybridized carbons (Fsp3) is 0.100. The van der Waals surface area contributed by atoms with Crippen LogP contribution in [0.15, 0.2) is 29.3 Å². The van der Waals surface area contributed by atoms with Gasteiger partial charge in [-0.05, 0) is 18.2 Å². The van der Waals surface area contributed by atoms with Crippen molar-refractivity contribution < 1.29 is 8.42 Å². The van der Waals surface area contributed by atoms with E-state index < -0.39 is 10.0 Å². The fourth-order valence-electron chi connectivity index (χ4n) is 1.40. The minimum atomic E-state index is -3.71. The van der Waals surface area contributed by atoms with E-state index in [1.54, 1.807) is 0 Å². The number of hydrogen-bond acceptors (Lipinski definition) is 4. The number of aromatic nitrogens is 2. The Bertz CT molecular complexity index is 679. The van der Waals surface area contributed by atoms with Crippen molar-refractivity contribution in [1.29, 1.82) is 0 Å². The lowest BCUT2D eigenvalue weighted by molar-refractivity contribution is 0.581. The summed E-state index contributed by atoms with van der Waals surface area (Å²) in [6.45, 7) is 0.0226. The Labute approximate surface area is 120 Å². The van der Waals surface area contributed by atoms with Crippen LogP contribution in [0.2, 0.25) is 10.0 Å². The van der Waals surface area contributed by atoms with Gasteiger partial charge in [0.05, 0.1) is 11.1 Å². The van der Waals surface area contributed by atoms with Crippen molar-refractivity contribution in [2.75, 3.05) is 5.73 Å². The van der Waals surface area contributed by atoms with Gasteiger partial charge in [-0.3, -0.25) is 5.10 Å². The quantitative estimate of drug-likeness (QED) is 0.799. The van der Waals surface area contributed by atoms with E-state index in [9.17, 15) is 8.42 Å². The number of halogens is 2. The second kappa shape index (κ2) is 5.38. The first-order chi connectivity index (χ1) is 8.88. The molecule has 0 saturated heterocycles. The predicted octanol–water partition coefficient (Wildman–Crippen LogP) is 1.78. The molecule has 19 heavy (non-hydrogen) atoms. The number of nitrogen functional groups attached to an aromatic ring is 1. The SMILES string of the molecule is Nc1[nH]ncc1CNS(=O)(=O)c1cc(Cl)cc(Cl)c1. The minimum absolute atomic E-state index is 0.00735. The standard InChI is InChI=1S/C10H10Cl2N4O2S/c11-7-1-8(12)3-9(2-7)19(17,18)15-5-6-4-14-16-10(6)13/h1-4,15H,5H2,(H3,13,14,16). The first-order valence-corrected chi connectivity index (χ1v) is 7.36. The lowest BCUT2D eigenvalue weighted by Gasteiger charge is -2.07. The van der Waals surface area contributed by atoms with E-state index in [1.165, 1.54) is 24.4 Å². The Morgan fingerprint density at radius 2 is 1.89 bits per heavy atom. The number of H-pyrrole nitrogens is 1. The molecule has 9 heteroatoms. The van der Waals surface area contributed by atoms with Gasteiger partial charge in [-0.25, -0.2) is 13.1 Å². The molecular formula is C10H10Cl2N4O2S. The van der Waals surface area contributed by atoms with Gasteiger partial charge in [-0.1, -0.05) is 23.2 Å². The van der Waals surface area contributed by atoms with Crippen molar-refractivity contribution in [3.63, 3.8) is 0 Å². The first kappa shape index (κ1) is 14.1. The van der Waals surface area contributed by atoms with E-state index in [-0.39, 0.29) is 21.5 Å². The van der Waals surface area contributed by atoms with E-state index in [0.717, 1.165) is 0 Å². The van der Waals surface area contributed by atoms with Crippen LogP contribution in [0.4, 0.5) is 5.82 Å². The summed E-state index contributed by atoms with van der Waals surface area (Å²) >= 11 is 11.5. The van der Waals surface area contributed by atoms with E-state index in [1.807, 2.05) is 0 Å². The van der Waals surface area contributed by atoms with Gasteiger partial charge in [-0.15, -0.1) is 0 Å². The van der Waals surface area contributed by atoms with Crippen LogP contribution < -0.4 is 10.5 Å². The maximum absolute atomic E-state index is 12.0. The van der Waals surface area contributed by atoms with Crippen LogP contribution in [0, 0.1) is 0 Å². The summed E-state index contributed by atoms with van der Waals surface area (Å²) in [5.41, 5.74) is 6.11. The summed E-state index contributed by atoms with van der Waals surface area (Å²) in [7, 11) is -3.71. The van der Waals surface area contributed by atoms with E-state index in [4.69, 9.17) is 28.9 Å². The van der Waals surface area contributed by atoms with Gasteiger partial charge < -0.3 is 5.73 Å². The summed E-state index contributed by atoms with van der Waals surface area (Å²) in [6, 6.07) is 4.08. The third kappa shape index (κ3) is 3.38. The van der Waals surface area contributed by atoms with Crippen molar-refractivity contribution in [1.82, 2.24) is 14.9 Å². The maximum atomic E-state index is 12.0. The summed E-state index contributed by atoms with van der Waals surface area (Å²) in [6.07, 6.45) is 1.45. The molecule has 4 N–H and O–H groups in total. The molecule has 1 aromatic heterocycles. The zero-order valence-corrected chi connectivity index (χ0v) is 11.9. The lowest BCUT2D eigenvalue weighted by Crippen LogP contribution is -2.23. The number of rotatable bonds is 4. The molecule has 102 valence electrons. The number of sulfonamides is 1. The highest BCUT2D eigenvalue weighted by Crippen LogP contribution is 2.22. The van der Waals surface area contributed by atoms with Gasteiger partial charge in [-0.2, -0.15) is 5.10 Å². The normalized spacial score (nSPS) is 11.7. The second-order valence-corrected chi connectivity index (χ2v) is 6.38. The molecule has 0 saturated carbocycles. The molecule has 1 heterocycles. The molecule has 0 radical (unpaired) electrons. The van der Waals surface area contributed by atoms with E-state index in [2.05, 4.69) is 14.9 Å².